The molecule has 120 valence electrons. The van der Waals surface area contributed by atoms with Crippen LogP contribution >= 0.6 is 0 Å². The van der Waals surface area contributed by atoms with Gasteiger partial charge >= 0.3 is 0 Å². The maximum Gasteiger partial charge on any atom is 0.159 e. The Bertz CT molecular complexity index is 602. The maximum absolute atomic E-state index is 5.18. The highest BCUT2D eigenvalue weighted by atomic mass is 16.5. The van der Waals surface area contributed by atoms with Crippen LogP contribution in [0.4, 0.5) is 0 Å². The molecular formula is C17H26N4O. The smallest absolute Gasteiger partial charge is 0.159 e. The number of fused-ring (bicyclic) bond motifs is 1. The van der Waals surface area contributed by atoms with E-state index in [1.165, 1.54) is 25.9 Å². The van der Waals surface area contributed by atoms with Gasteiger partial charge in [0.1, 0.15) is 11.3 Å². The first-order valence-electron chi connectivity index (χ1n) is 8.25. The van der Waals surface area contributed by atoms with Gasteiger partial charge in [0.15, 0.2) is 5.65 Å². The van der Waals surface area contributed by atoms with Crippen molar-refractivity contribution in [3.05, 3.63) is 24.2 Å². The Labute approximate surface area is 132 Å². The predicted molar refractivity (Wildman–Crippen MR) is 87.9 cm³/mol. The van der Waals surface area contributed by atoms with E-state index in [0.29, 0.717) is 0 Å². The quantitative estimate of drug-likeness (QED) is 0.768. The SMILES string of the molecule is COCCCc1nc2cccnc2n1CC1CCN(C)CC1. The van der Waals surface area contributed by atoms with Gasteiger partial charge in [-0.25, -0.2) is 9.97 Å². The van der Waals surface area contributed by atoms with E-state index in [4.69, 9.17) is 9.72 Å². The fraction of sp³-hybridized carbons (Fsp3) is 0.647. The molecule has 0 unspecified atom stereocenters. The molecule has 2 aromatic heterocycles. The number of nitrogens with zero attached hydrogens (tertiary/aromatic N) is 4. The van der Waals surface area contributed by atoms with Crippen molar-refractivity contribution in [2.75, 3.05) is 33.9 Å². The van der Waals surface area contributed by atoms with Crippen LogP contribution < -0.4 is 0 Å². The number of rotatable bonds is 6. The third-order valence-electron chi connectivity index (χ3n) is 4.61. The first-order valence-corrected chi connectivity index (χ1v) is 8.25. The van der Waals surface area contributed by atoms with E-state index in [9.17, 15) is 0 Å². The molecule has 5 nitrogen and oxygen atoms in total. The van der Waals surface area contributed by atoms with Gasteiger partial charge in [-0.2, -0.15) is 0 Å². The zero-order valence-electron chi connectivity index (χ0n) is 13.7. The van der Waals surface area contributed by atoms with Gasteiger partial charge in [-0.1, -0.05) is 0 Å². The number of likely N-dealkylation sites (tertiary alicyclic amines) is 1. The number of imidazole rings is 1. The predicted octanol–water partition coefficient (Wildman–Crippen LogP) is 2.35. The van der Waals surface area contributed by atoms with Gasteiger partial charge in [0.2, 0.25) is 0 Å². The minimum atomic E-state index is 0.733. The Morgan fingerprint density at radius 1 is 1.32 bits per heavy atom. The fourth-order valence-electron chi connectivity index (χ4n) is 3.27. The first kappa shape index (κ1) is 15.4. The van der Waals surface area contributed by atoms with Gasteiger partial charge in [-0.3, -0.25) is 0 Å². The molecular weight excluding hydrogens is 276 g/mol. The summed E-state index contributed by atoms with van der Waals surface area (Å²) in [6, 6.07) is 4.03. The largest absolute Gasteiger partial charge is 0.385 e. The van der Waals surface area contributed by atoms with E-state index in [1.807, 2.05) is 12.3 Å². The summed E-state index contributed by atoms with van der Waals surface area (Å²) in [6.07, 6.45) is 6.36. The second kappa shape index (κ2) is 7.20. The van der Waals surface area contributed by atoms with Crippen LogP contribution in [0.5, 0.6) is 0 Å². The van der Waals surface area contributed by atoms with Crippen LogP contribution in [-0.4, -0.2) is 53.3 Å². The Kier molecular flexibility index (Phi) is 5.05. The molecule has 0 aliphatic carbocycles. The molecule has 1 fully saturated rings. The summed E-state index contributed by atoms with van der Waals surface area (Å²) in [6.45, 7) is 4.22. The zero-order chi connectivity index (χ0) is 15.4. The topological polar surface area (TPSA) is 43.2 Å². The van der Waals surface area contributed by atoms with Crippen LogP contribution in [0.25, 0.3) is 11.2 Å². The van der Waals surface area contributed by atoms with Crippen LogP contribution in [-0.2, 0) is 17.7 Å². The molecule has 0 spiro atoms. The van der Waals surface area contributed by atoms with E-state index in [2.05, 4.69) is 27.6 Å². The second-order valence-electron chi connectivity index (χ2n) is 6.33. The molecule has 5 heteroatoms. The summed E-state index contributed by atoms with van der Waals surface area (Å²) in [4.78, 5) is 11.8. The molecule has 1 aliphatic rings. The number of methoxy groups -OCH3 is 1. The third-order valence-corrected chi connectivity index (χ3v) is 4.61. The fourth-order valence-corrected chi connectivity index (χ4v) is 3.27. The van der Waals surface area contributed by atoms with Gasteiger partial charge in [0.25, 0.3) is 0 Å². The lowest BCUT2D eigenvalue weighted by Gasteiger charge is -2.29. The summed E-state index contributed by atoms with van der Waals surface area (Å²) >= 11 is 0. The third kappa shape index (κ3) is 3.47. The van der Waals surface area contributed by atoms with E-state index < -0.39 is 0 Å². The lowest BCUT2D eigenvalue weighted by molar-refractivity contribution is 0.192. The summed E-state index contributed by atoms with van der Waals surface area (Å²) in [5.41, 5.74) is 2.05. The molecule has 22 heavy (non-hydrogen) atoms. The van der Waals surface area contributed by atoms with Gasteiger partial charge in [0, 0.05) is 32.9 Å². The molecule has 0 N–H and O–H groups in total. The van der Waals surface area contributed by atoms with E-state index in [-0.39, 0.29) is 0 Å². The minimum absolute atomic E-state index is 0.733. The molecule has 0 atom stereocenters. The highest BCUT2D eigenvalue weighted by Crippen LogP contribution is 2.22. The van der Waals surface area contributed by atoms with Gasteiger partial charge in [0.05, 0.1) is 0 Å². The van der Waals surface area contributed by atoms with Crippen LogP contribution in [0.2, 0.25) is 0 Å². The van der Waals surface area contributed by atoms with Crippen molar-refractivity contribution < 1.29 is 4.74 Å². The number of aryl methyl sites for hydroxylation is 1. The van der Waals surface area contributed by atoms with Crippen molar-refractivity contribution in [2.24, 2.45) is 5.92 Å². The van der Waals surface area contributed by atoms with Crippen molar-refractivity contribution >= 4 is 11.2 Å². The lowest BCUT2D eigenvalue weighted by Crippen LogP contribution is -2.32. The Hall–Kier alpha value is -1.46. The normalized spacial score (nSPS) is 17.4. The molecule has 3 heterocycles. The number of hydrogen-bond donors (Lipinski definition) is 0. The second-order valence-corrected chi connectivity index (χ2v) is 6.33. The van der Waals surface area contributed by atoms with Crippen molar-refractivity contribution in [3.8, 4) is 0 Å². The standard InChI is InChI=1S/C17H26N4O/c1-20-10-7-14(8-11-20)13-21-16(6-4-12-22-2)19-15-5-3-9-18-17(15)21/h3,5,9,14H,4,6-8,10-13H2,1-2H3. The van der Waals surface area contributed by atoms with Crippen molar-refractivity contribution in [3.63, 3.8) is 0 Å². The highest BCUT2D eigenvalue weighted by Gasteiger charge is 2.20. The average molecular weight is 302 g/mol. The molecule has 0 amide bonds. The summed E-state index contributed by atoms with van der Waals surface area (Å²) in [5, 5.41) is 0. The van der Waals surface area contributed by atoms with Crippen molar-refractivity contribution in [2.45, 2.75) is 32.2 Å². The Balaban J connectivity index is 1.80. The maximum atomic E-state index is 5.18. The number of hydrogen-bond acceptors (Lipinski definition) is 4. The summed E-state index contributed by atoms with van der Waals surface area (Å²) in [5.74, 6) is 1.89. The van der Waals surface area contributed by atoms with E-state index in [1.54, 1.807) is 7.11 Å². The first-order chi connectivity index (χ1) is 10.8. The molecule has 0 aromatic carbocycles. The van der Waals surface area contributed by atoms with Crippen LogP contribution in [0.15, 0.2) is 18.3 Å². The minimum Gasteiger partial charge on any atom is -0.385 e. The Morgan fingerprint density at radius 2 is 2.14 bits per heavy atom. The van der Waals surface area contributed by atoms with E-state index >= 15 is 0 Å². The molecule has 0 saturated carbocycles. The zero-order valence-corrected chi connectivity index (χ0v) is 13.7. The molecule has 3 rings (SSSR count). The van der Waals surface area contributed by atoms with E-state index in [0.717, 1.165) is 48.9 Å². The average Bonchev–Trinajstić information content (AvgIpc) is 2.88. The summed E-state index contributed by atoms with van der Waals surface area (Å²) < 4.78 is 7.53. The number of ether oxygens (including phenoxy) is 1. The lowest BCUT2D eigenvalue weighted by atomic mass is 9.97. The van der Waals surface area contributed by atoms with Crippen molar-refractivity contribution in [1.29, 1.82) is 0 Å². The molecule has 1 saturated heterocycles. The van der Waals surface area contributed by atoms with Gasteiger partial charge < -0.3 is 14.2 Å². The molecule has 0 radical (unpaired) electrons. The van der Waals surface area contributed by atoms with Gasteiger partial charge in [-0.15, -0.1) is 0 Å². The Morgan fingerprint density at radius 3 is 2.91 bits per heavy atom. The van der Waals surface area contributed by atoms with Gasteiger partial charge in [-0.05, 0) is 57.5 Å². The molecule has 0 bridgehead atoms. The number of pyridine rings is 1. The van der Waals surface area contributed by atoms with Crippen LogP contribution in [0.3, 0.4) is 0 Å². The molecule has 1 aliphatic heterocycles. The monoisotopic (exact) mass is 302 g/mol. The van der Waals surface area contributed by atoms with Crippen LogP contribution in [0.1, 0.15) is 25.1 Å². The molecule has 2 aromatic rings. The number of piperidine rings is 1. The summed E-state index contributed by atoms with van der Waals surface area (Å²) in [7, 11) is 3.96. The van der Waals surface area contributed by atoms with Crippen molar-refractivity contribution in [1.82, 2.24) is 19.4 Å². The van der Waals surface area contributed by atoms with Crippen LogP contribution in [0, 0.1) is 5.92 Å². The number of aromatic nitrogens is 3. The highest BCUT2D eigenvalue weighted by molar-refractivity contribution is 5.71.